The third kappa shape index (κ3) is 3.63. The number of methoxy groups -OCH3 is 1. The second kappa shape index (κ2) is 7.26. The van der Waals surface area contributed by atoms with Crippen molar-refractivity contribution in [3.05, 3.63) is 65.7 Å². The van der Waals surface area contributed by atoms with E-state index in [-0.39, 0.29) is 6.61 Å². The van der Waals surface area contributed by atoms with E-state index in [9.17, 15) is 9.59 Å². The molecule has 0 heterocycles. The van der Waals surface area contributed by atoms with Crippen LogP contribution in [0.15, 0.2) is 54.6 Å². The predicted molar refractivity (Wildman–Crippen MR) is 82.8 cm³/mol. The van der Waals surface area contributed by atoms with Gasteiger partial charge in [-0.1, -0.05) is 42.5 Å². The Kier molecular flexibility index (Phi) is 5.14. The van der Waals surface area contributed by atoms with E-state index in [1.807, 2.05) is 30.3 Å². The van der Waals surface area contributed by atoms with Crippen molar-refractivity contribution in [1.82, 2.24) is 0 Å². The van der Waals surface area contributed by atoms with Gasteiger partial charge in [0.1, 0.15) is 6.61 Å². The molecule has 0 aromatic heterocycles. The molecule has 1 amide bonds. The van der Waals surface area contributed by atoms with Crippen LogP contribution in [0, 0.1) is 0 Å². The molecule has 114 valence electrons. The monoisotopic (exact) mass is 299 g/mol. The molecule has 5 heteroatoms. The number of para-hydroxylation sites is 1. The Labute approximate surface area is 129 Å². The average Bonchev–Trinajstić information content (AvgIpc) is 2.59. The Bertz CT molecular complexity index is 655. The summed E-state index contributed by atoms with van der Waals surface area (Å²) in [7, 11) is 2.85. The normalized spacial score (nSPS) is 9.91. The molecule has 22 heavy (non-hydrogen) atoms. The molecule has 5 nitrogen and oxygen atoms in total. The minimum Gasteiger partial charge on any atom is -0.465 e. The number of nitrogens with zero attached hydrogens (tertiary/aromatic N) is 1. The number of carbonyl (C=O) groups excluding carboxylic acids is 2. The quantitative estimate of drug-likeness (QED) is 0.813. The smallest absolute Gasteiger partial charge is 0.414 e. The fraction of sp³-hybridized carbons (Fsp3) is 0.176. The van der Waals surface area contributed by atoms with E-state index in [4.69, 9.17) is 9.47 Å². The molecule has 0 aliphatic carbocycles. The van der Waals surface area contributed by atoms with Crippen molar-refractivity contribution in [2.45, 2.75) is 6.61 Å². The standard InChI is InChI=1S/C17H17NO4/c1-18(15-11-7-6-10-14(15)16(19)21-2)17(20)22-12-13-8-4-3-5-9-13/h3-11H,12H2,1-2H3. The van der Waals surface area contributed by atoms with Gasteiger partial charge in [-0.25, -0.2) is 9.59 Å². The number of hydrogen-bond acceptors (Lipinski definition) is 4. The SMILES string of the molecule is COC(=O)c1ccccc1N(C)C(=O)OCc1ccccc1. The number of amides is 1. The Balaban J connectivity index is 2.09. The van der Waals surface area contributed by atoms with Crippen molar-refractivity contribution in [1.29, 1.82) is 0 Å². The van der Waals surface area contributed by atoms with Crippen LogP contribution < -0.4 is 4.90 Å². The van der Waals surface area contributed by atoms with Crippen LogP contribution in [0.25, 0.3) is 0 Å². The maximum absolute atomic E-state index is 12.1. The minimum atomic E-state index is -0.541. The highest BCUT2D eigenvalue weighted by Gasteiger charge is 2.19. The highest BCUT2D eigenvalue weighted by molar-refractivity contribution is 6.00. The zero-order valence-corrected chi connectivity index (χ0v) is 12.5. The Morgan fingerprint density at radius 2 is 1.64 bits per heavy atom. The van der Waals surface area contributed by atoms with Crippen molar-refractivity contribution in [2.75, 3.05) is 19.1 Å². The van der Waals surface area contributed by atoms with Gasteiger partial charge in [0.2, 0.25) is 0 Å². The lowest BCUT2D eigenvalue weighted by Crippen LogP contribution is -2.28. The fourth-order valence-electron chi connectivity index (χ4n) is 1.96. The first-order chi connectivity index (χ1) is 10.6. The van der Waals surface area contributed by atoms with Crippen LogP contribution in [0.1, 0.15) is 15.9 Å². The van der Waals surface area contributed by atoms with Gasteiger partial charge in [-0.15, -0.1) is 0 Å². The minimum absolute atomic E-state index is 0.171. The van der Waals surface area contributed by atoms with E-state index in [0.29, 0.717) is 11.3 Å². The highest BCUT2D eigenvalue weighted by atomic mass is 16.6. The average molecular weight is 299 g/mol. The predicted octanol–water partition coefficient (Wildman–Crippen LogP) is 3.25. The van der Waals surface area contributed by atoms with Crippen molar-refractivity contribution in [2.24, 2.45) is 0 Å². The summed E-state index contributed by atoms with van der Waals surface area (Å²) in [4.78, 5) is 25.2. The Morgan fingerprint density at radius 3 is 2.32 bits per heavy atom. The lowest BCUT2D eigenvalue weighted by molar-refractivity contribution is 0.0601. The number of benzene rings is 2. The van der Waals surface area contributed by atoms with E-state index in [2.05, 4.69) is 0 Å². The highest BCUT2D eigenvalue weighted by Crippen LogP contribution is 2.21. The van der Waals surface area contributed by atoms with Crippen LogP contribution in [-0.4, -0.2) is 26.2 Å². The zero-order valence-electron chi connectivity index (χ0n) is 12.5. The molecular weight excluding hydrogens is 282 g/mol. The molecule has 0 saturated carbocycles. The van der Waals surface area contributed by atoms with Crippen LogP contribution in [0.4, 0.5) is 10.5 Å². The molecule has 0 N–H and O–H groups in total. The first kappa shape index (κ1) is 15.6. The van der Waals surface area contributed by atoms with Gasteiger partial charge < -0.3 is 9.47 Å². The van der Waals surface area contributed by atoms with E-state index in [1.54, 1.807) is 31.3 Å². The van der Waals surface area contributed by atoms with Crippen LogP contribution in [0.3, 0.4) is 0 Å². The van der Waals surface area contributed by atoms with Crippen molar-refractivity contribution < 1.29 is 19.1 Å². The second-order valence-electron chi connectivity index (χ2n) is 4.61. The summed E-state index contributed by atoms with van der Waals surface area (Å²) >= 11 is 0. The van der Waals surface area contributed by atoms with Gasteiger partial charge >= 0.3 is 12.1 Å². The first-order valence-corrected chi connectivity index (χ1v) is 6.75. The fourth-order valence-corrected chi connectivity index (χ4v) is 1.96. The van der Waals surface area contributed by atoms with E-state index in [1.165, 1.54) is 12.0 Å². The Hall–Kier alpha value is -2.82. The lowest BCUT2D eigenvalue weighted by atomic mass is 10.1. The molecule has 0 radical (unpaired) electrons. The number of hydrogen-bond donors (Lipinski definition) is 0. The Morgan fingerprint density at radius 1 is 1.00 bits per heavy atom. The maximum atomic E-state index is 12.1. The van der Waals surface area contributed by atoms with Crippen LogP contribution >= 0.6 is 0 Å². The lowest BCUT2D eigenvalue weighted by Gasteiger charge is -2.19. The summed E-state index contributed by atoms with van der Waals surface area (Å²) in [6, 6.07) is 16.1. The topological polar surface area (TPSA) is 55.8 Å². The summed E-state index contributed by atoms with van der Waals surface area (Å²) in [5, 5.41) is 0. The molecule has 2 aromatic rings. The number of ether oxygens (including phenoxy) is 2. The van der Waals surface area contributed by atoms with Crippen molar-refractivity contribution in [3.8, 4) is 0 Å². The summed E-state index contributed by atoms with van der Waals surface area (Å²) in [6.07, 6.45) is -0.541. The molecule has 2 rings (SSSR count). The third-order valence-electron chi connectivity index (χ3n) is 3.15. The number of esters is 1. The van der Waals surface area contributed by atoms with Gasteiger partial charge in [0.15, 0.2) is 0 Å². The largest absolute Gasteiger partial charge is 0.465 e. The maximum Gasteiger partial charge on any atom is 0.414 e. The van der Waals surface area contributed by atoms with E-state index >= 15 is 0 Å². The van der Waals surface area contributed by atoms with E-state index < -0.39 is 12.1 Å². The van der Waals surface area contributed by atoms with Crippen LogP contribution in [0.5, 0.6) is 0 Å². The molecule has 0 saturated heterocycles. The molecule has 0 spiro atoms. The molecular formula is C17H17NO4. The molecule has 0 bridgehead atoms. The van der Waals surface area contributed by atoms with Crippen LogP contribution in [0.2, 0.25) is 0 Å². The molecule has 0 atom stereocenters. The van der Waals surface area contributed by atoms with E-state index in [0.717, 1.165) is 5.56 Å². The van der Waals surface area contributed by atoms with Gasteiger partial charge in [-0.2, -0.15) is 0 Å². The second-order valence-corrected chi connectivity index (χ2v) is 4.61. The number of anilines is 1. The van der Waals surface area contributed by atoms with Gasteiger partial charge in [-0.05, 0) is 17.7 Å². The zero-order chi connectivity index (χ0) is 15.9. The van der Waals surface area contributed by atoms with Crippen molar-refractivity contribution >= 4 is 17.7 Å². The number of rotatable bonds is 4. The van der Waals surface area contributed by atoms with Gasteiger partial charge in [-0.3, -0.25) is 4.90 Å². The molecule has 0 unspecified atom stereocenters. The molecule has 0 aliphatic heterocycles. The van der Waals surface area contributed by atoms with Crippen LogP contribution in [-0.2, 0) is 16.1 Å². The summed E-state index contributed by atoms with van der Waals surface area (Å²) in [5.74, 6) is -0.502. The first-order valence-electron chi connectivity index (χ1n) is 6.75. The van der Waals surface area contributed by atoms with Crippen molar-refractivity contribution in [3.63, 3.8) is 0 Å². The summed E-state index contributed by atoms with van der Waals surface area (Å²) in [6.45, 7) is 0.171. The van der Waals surface area contributed by atoms with Gasteiger partial charge in [0.05, 0.1) is 18.4 Å². The molecule has 2 aromatic carbocycles. The van der Waals surface area contributed by atoms with Gasteiger partial charge in [0.25, 0.3) is 0 Å². The molecule has 0 fully saturated rings. The summed E-state index contributed by atoms with van der Waals surface area (Å²) < 4.78 is 9.97. The third-order valence-corrected chi connectivity index (χ3v) is 3.15. The number of carbonyl (C=O) groups is 2. The van der Waals surface area contributed by atoms with Gasteiger partial charge in [0, 0.05) is 7.05 Å². The summed E-state index contributed by atoms with van der Waals surface area (Å²) in [5.41, 5.74) is 1.64. The molecule has 0 aliphatic rings.